The van der Waals surface area contributed by atoms with Crippen molar-refractivity contribution in [1.29, 1.82) is 0 Å². The van der Waals surface area contributed by atoms with Gasteiger partial charge in [0.2, 0.25) is 5.95 Å². The third kappa shape index (κ3) is 3.71. The van der Waals surface area contributed by atoms with E-state index in [2.05, 4.69) is 20.5 Å². The summed E-state index contributed by atoms with van der Waals surface area (Å²) >= 11 is 5.85. The minimum absolute atomic E-state index is 0.0489. The van der Waals surface area contributed by atoms with Crippen molar-refractivity contribution in [2.45, 2.75) is 44.8 Å². The summed E-state index contributed by atoms with van der Waals surface area (Å²) in [5.74, 6) is 0.492. The molecule has 23 heavy (non-hydrogen) atoms. The number of benzene rings is 1. The third-order valence-electron chi connectivity index (χ3n) is 4.06. The summed E-state index contributed by atoms with van der Waals surface area (Å²) in [6.45, 7) is 1.82. The van der Waals surface area contributed by atoms with E-state index in [9.17, 15) is 10.2 Å². The van der Waals surface area contributed by atoms with Gasteiger partial charge in [-0.3, -0.25) is 0 Å². The molecule has 0 radical (unpaired) electrons. The third-order valence-corrected chi connectivity index (χ3v) is 4.29. The van der Waals surface area contributed by atoms with Gasteiger partial charge in [0.05, 0.1) is 11.8 Å². The molecule has 3 N–H and O–H groups in total. The average Bonchev–Trinajstić information content (AvgIpc) is 2.48. The molecule has 1 aromatic carbocycles. The topological polar surface area (TPSA) is 91.2 Å². The van der Waals surface area contributed by atoms with Crippen molar-refractivity contribution in [3.63, 3.8) is 0 Å². The maximum atomic E-state index is 10.0. The summed E-state index contributed by atoms with van der Waals surface area (Å²) in [5.41, 5.74) is 1.73. The molecule has 1 aliphatic rings. The monoisotopic (exact) mass is 334 g/mol. The lowest BCUT2D eigenvalue weighted by Gasteiger charge is -2.26. The van der Waals surface area contributed by atoms with Crippen LogP contribution in [0.4, 0.5) is 5.95 Å². The zero-order valence-electron chi connectivity index (χ0n) is 12.8. The Morgan fingerprint density at radius 3 is 2.78 bits per heavy atom. The molecule has 7 heteroatoms. The number of aliphatic hydroxyl groups excluding tert-OH is 1. The number of phenols is 1. The van der Waals surface area contributed by atoms with Crippen molar-refractivity contribution in [2.75, 3.05) is 5.32 Å². The van der Waals surface area contributed by atoms with Gasteiger partial charge >= 0.3 is 0 Å². The van der Waals surface area contributed by atoms with Crippen LogP contribution in [-0.4, -0.2) is 37.5 Å². The number of nitrogens with zero attached hydrogens (tertiary/aromatic N) is 3. The van der Waals surface area contributed by atoms with E-state index in [4.69, 9.17) is 11.6 Å². The lowest BCUT2D eigenvalue weighted by atomic mass is 9.93. The number of aromatic nitrogens is 3. The number of nitrogens with one attached hydrogen (secondary N) is 1. The normalized spacial score (nSPS) is 21.2. The Hall–Kier alpha value is -1.92. The van der Waals surface area contributed by atoms with Crippen LogP contribution >= 0.6 is 11.6 Å². The van der Waals surface area contributed by atoms with E-state index < -0.39 is 0 Å². The molecule has 122 valence electrons. The molecule has 2 atom stereocenters. The fraction of sp³-hybridized carbons (Fsp3) is 0.438. The molecule has 3 rings (SSSR count). The van der Waals surface area contributed by atoms with Crippen molar-refractivity contribution in [3.8, 4) is 17.0 Å². The largest absolute Gasteiger partial charge is 0.507 e. The van der Waals surface area contributed by atoms with E-state index >= 15 is 0 Å². The molecule has 6 nitrogen and oxygen atoms in total. The Morgan fingerprint density at radius 1 is 1.26 bits per heavy atom. The van der Waals surface area contributed by atoms with Gasteiger partial charge in [-0.2, -0.15) is 0 Å². The first-order chi connectivity index (χ1) is 11.0. The van der Waals surface area contributed by atoms with Gasteiger partial charge in [0.1, 0.15) is 11.4 Å². The van der Waals surface area contributed by atoms with Gasteiger partial charge in [-0.1, -0.05) is 11.6 Å². The zero-order valence-corrected chi connectivity index (χ0v) is 13.6. The second-order valence-electron chi connectivity index (χ2n) is 5.89. The zero-order chi connectivity index (χ0) is 16.4. The fourth-order valence-electron chi connectivity index (χ4n) is 2.90. The minimum atomic E-state index is -0.263. The summed E-state index contributed by atoms with van der Waals surface area (Å²) in [6, 6.07) is 5.01. The molecule has 0 saturated heterocycles. The molecule has 1 aromatic heterocycles. The van der Waals surface area contributed by atoms with Crippen LogP contribution in [0.25, 0.3) is 11.3 Å². The first-order valence-corrected chi connectivity index (χ1v) is 8.05. The first kappa shape index (κ1) is 16.0. The lowest BCUT2D eigenvalue weighted by molar-refractivity contribution is 0.124. The van der Waals surface area contributed by atoms with Gasteiger partial charge < -0.3 is 15.5 Å². The van der Waals surface area contributed by atoms with E-state index in [0.717, 1.165) is 19.3 Å². The minimum Gasteiger partial charge on any atom is -0.507 e. The predicted octanol–water partition coefficient (Wildman–Crippen LogP) is 2.92. The van der Waals surface area contributed by atoms with Gasteiger partial charge in [-0.15, -0.1) is 10.2 Å². The van der Waals surface area contributed by atoms with Crippen molar-refractivity contribution < 1.29 is 10.2 Å². The molecular weight excluding hydrogens is 316 g/mol. The van der Waals surface area contributed by atoms with Crippen LogP contribution in [0.5, 0.6) is 5.75 Å². The number of aliphatic hydroxyl groups is 1. The SMILES string of the molecule is Cc1nc(N[C@@H]2CCC[C@H](O)C2)nnc1-c1ccc(Cl)cc1O. The van der Waals surface area contributed by atoms with Crippen molar-refractivity contribution in [2.24, 2.45) is 0 Å². The maximum Gasteiger partial charge on any atom is 0.243 e. The molecule has 0 spiro atoms. The number of hydrogen-bond acceptors (Lipinski definition) is 6. The van der Waals surface area contributed by atoms with Crippen molar-refractivity contribution >= 4 is 17.5 Å². The first-order valence-electron chi connectivity index (χ1n) is 7.67. The maximum absolute atomic E-state index is 10.0. The Balaban J connectivity index is 1.80. The van der Waals surface area contributed by atoms with E-state index in [1.54, 1.807) is 12.1 Å². The Morgan fingerprint density at radius 2 is 2.09 bits per heavy atom. The molecule has 0 unspecified atom stereocenters. The van der Waals surface area contributed by atoms with E-state index in [1.807, 2.05) is 6.92 Å². The molecular formula is C16H19ClN4O2. The highest BCUT2D eigenvalue weighted by molar-refractivity contribution is 6.30. The summed E-state index contributed by atoms with van der Waals surface area (Å²) in [7, 11) is 0. The van der Waals surface area contributed by atoms with Gasteiger partial charge in [0.15, 0.2) is 0 Å². The van der Waals surface area contributed by atoms with E-state index in [1.165, 1.54) is 6.07 Å². The molecule has 0 amide bonds. The number of aromatic hydroxyl groups is 1. The number of rotatable bonds is 3. The Kier molecular flexibility index (Phi) is 4.63. The van der Waals surface area contributed by atoms with Crippen LogP contribution in [0, 0.1) is 6.92 Å². The van der Waals surface area contributed by atoms with Crippen LogP contribution in [0.3, 0.4) is 0 Å². The lowest BCUT2D eigenvalue weighted by Crippen LogP contribution is -2.30. The number of anilines is 1. The summed E-state index contributed by atoms with van der Waals surface area (Å²) in [5, 5.41) is 31.7. The smallest absolute Gasteiger partial charge is 0.243 e. The van der Waals surface area contributed by atoms with Crippen LogP contribution in [-0.2, 0) is 0 Å². The van der Waals surface area contributed by atoms with Gasteiger partial charge in [0, 0.05) is 16.6 Å². The Bertz CT molecular complexity index is 710. The van der Waals surface area contributed by atoms with Crippen LogP contribution < -0.4 is 5.32 Å². The molecule has 1 saturated carbocycles. The predicted molar refractivity (Wildman–Crippen MR) is 88.6 cm³/mol. The molecule has 1 fully saturated rings. The highest BCUT2D eigenvalue weighted by Gasteiger charge is 2.21. The standard InChI is InChI=1S/C16H19ClN4O2/c1-9-15(13-6-5-10(17)7-14(13)23)20-21-16(18-9)19-11-3-2-4-12(22)8-11/h5-7,11-12,22-23H,2-4,8H2,1H3,(H,18,19,21)/t11-,12+/m1/s1. The summed E-state index contributed by atoms with van der Waals surface area (Å²) in [6.07, 6.45) is 3.26. The second-order valence-corrected chi connectivity index (χ2v) is 6.33. The molecule has 1 heterocycles. The van der Waals surface area contributed by atoms with Crippen molar-refractivity contribution in [3.05, 3.63) is 28.9 Å². The average molecular weight is 335 g/mol. The summed E-state index contributed by atoms with van der Waals surface area (Å²) in [4.78, 5) is 4.42. The van der Waals surface area contributed by atoms with Crippen LogP contribution in [0.2, 0.25) is 5.02 Å². The van der Waals surface area contributed by atoms with Gasteiger partial charge in [-0.25, -0.2) is 4.98 Å². The van der Waals surface area contributed by atoms with E-state index in [0.29, 0.717) is 34.3 Å². The molecule has 1 aliphatic carbocycles. The molecule has 0 aliphatic heterocycles. The summed E-state index contributed by atoms with van der Waals surface area (Å²) < 4.78 is 0. The Labute approximate surface area is 139 Å². The molecule has 0 bridgehead atoms. The fourth-order valence-corrected chi connectivity index (χ4v) is 3.06. The highest BCUT2D eigenvalue weighted by Crippen LogP contribution is 2.31. The number of aryl methyl sites for hydroxylation is 1. The van der Waals surface area contributed by atoms with Gasteiger partial charge in [-0.05, 0) is 50.8 Å². The van der Waals surface area contributed by atoms with Gasteiger partial charge in [0.25, 0.3) is 0 Å². The quantitative estimate of drug-likeness (QED) is 0.799. The molecule has 2 aromatic rings. The van der Waals surface area contributed by atoms with Crippen LogP contribution in [0.1, 0.15) is 31.4 Å². The highest BCUT2D eigenvalue weighted by atomic mass is 35.5. The van der Waals surface area contributed by atoms with E-state index in [-0.39, 0.29) is 17.9 Å². The van der Waals surface area contributed by atoms with Crippen molar-refractivity contribution in [1.82, 2.24) is 15.2 Å². The van der Waals surface area contributed by atoms with Crippen LogP contribution in [0.15, 0.2) is 18.2 Å². The number of phenolic OH excluding ortho intramolecular Hbond substituents is 1. The number of halogens is 1. The second kappa shape index (κ2) is 6.68. The number of hydrogen-bond donors (Lipinski definition) is 3.